The van der Waals surface area contributed by atoms with Crippen molar-refractivity contribution in [3.8, 4) is 0 Å². The predicted molar refractivity (Wildman–Crippen MR) is 156 cm³/mol. The van der Waals surface area contributed by atoms with E-state index in [9.17, 15) is 18.0 Å². The van der Waals surface area contributed by atoms with Crippen LogP contribution in [-0.4, -0.2) is 44.3 Å². The molecule has 208 valence electrons. The van der Waals surface area contributed by atoms with Crippen LogP contribution in [0.4, 0.5) is 5.69 Å². The van der Waals surface area contributed by atoms with Gasteiger partial charge in [0.05, 0.1) is 15.6 Å². The van der Waals surface area contributed by atoms with Crippen molar-refractivity contribution >= 4 is 50.7 Å². The number of amides is 2. The third kappa shape index (κ3) is 7.97. The number of nitrogens with one attached hydrogen (secondary N) is 1. The molecule has 0 heterocycles. The second kappa shape index (κ2) is 14.4. The van der Waals surface area contributed by atoms with Gasteiger partial charge in [-0.1, -0.05) is 85.9 Å². The molecule has 1 N–H and O–H groups in total. The molecule has 0 aliphatic carbocycles. The Bertz CT molecular complexity index is 1350. The van der Waals surface area contributed by atoms with E-state index in [4.69, 9.17) is 23.2 Å². The number of rotatable bonds is 13. The minimum Gasteiger partial charge on any atom is -0.354 e. The van der Waals surface area contributed by atoms with E-state index >= 15 is 0 Å². The maximum atomic E-state index is 14.0. The molecule has 3 rings (SSSR count). The number of sulfonamides is 1. The Morgan fingerprint density at radius 1 is 0.897 bits per heavy atom. The van der Waals surface area contributed by atoms with Gasteiger partial charge in [-0.05, 0) is 54.8 Å². The van der Waals surface area contributed by atoms with E-state index in [2.05, 4.69) is 5.32 Å². The third-order valence-corrected chi connectivity index (χ3v) is 8.56. The van der Waals surface area contributed by atoms with Crippen LogP contribution in [0.1, 0.15) is 38.7 Å². The highest BCUT2D eigenvalue weighted by Crippen LogP contribution is 2.30. The Morgan fingerprint density at radius 3 is 2.15 bits per heavy atom. The van der Waals surface area contributed by atoms with Crippen LogP contribution >= 0.6 is 23.2 Å². The van der Waals surface area contributed by atoms with Gasteiger partial charge in [-0.2, -0.15) is 0 Å². The second-order valence-electron chi connectivity index (χ2n) is 8.99. The molecule has 3 aromatic carbocycles. The van der Waals surface area contributed by atoms with Crippen molar-refractivity contribution in [2.45, 2.75) is 50.6 Å². The molecule has 0 spiro atoms. The number of halogens is 2. The van der Waals surface area contributed by atoms with Gasteiger partial charge >= 0.3 is 0 Å². The predicted octanol–water partition coefficient (Wildman–Crippen LogP) is 5.91. The molecular weight excluding hydrogens is 557 g/mol. The Morgan fingerprint density at radius 2 is 1.54 bits per heavy atom. The fraction of sp³-hybridized carbons (Fsp3) is 0.310. The van der Waals surface area contributed by atoms with Gasteiger partial charge in [-0.3, -0.25) is 13.9 Å². The standard InChI is InChI=1S/C29H33Cl2N3O4S/c1-3-5-19-32-29(36)26(4-2)33(20-22-15-17-23(30)18-16-22)28(35)21-34(27-14-10-9-13-25(27)31)39(37,38)24-11-7-6-8-12-24/h6-18,26H,3-5,19-21H2,1-2H3,(H,32,36). The molecule has 10 heteroatoms. The highest BCUT2D eigenvalue weighted by molar-refractivity contribution is 7.92. The molecule has 0 saturated carbocycles. The van der Waals surface area contributed by atoms with Gasteiger partial charge in [0.15, 0.2) is 0 Å². The van der Waals surface area contributed by atoms with Crippen molar-refractivity contribution in [1.82, 2.24) is 10.2 Å². The minimum absolute atomic E-state index is 0.0197. The van der Waals surface area contributed by atoms with E-state index in [1.165, 1.54) is 17.0 Å². The van der Waals surface area contributed by atoms with E-state index < -0.39 is 28.5 Å². The lowest BCUT2D eigenvalue weighted by Crippen LogP contribution is -2.52. The van der Waals surface area contributed by atoms with Crippen LogP contribution in [0, 0.1) is 0 Å². The van der Waals surface area contributed by atoms with Crippen LogP contribution in [0.5, 0.6) is 0 Å². The van der Waals surface area contributed by atoms with Gasteiger partial charge in [-0.25, -0.2) is 8.42 Å². The van der Waals surface area contributed by atoms with Gasteiger partial charge in [-0.15, -0.1) is 0 Å². The number of anilines is 1. The first-order valence-electron chi connectivity index (χ1n) is 12.8. The first-order valence-corrected chi connectivity index (χ1v) is 15.0. The fourth-order valence-corrected chi connectivity index (χ4v) is 5.97. The Kier molecular flexibility index (Phi) is 11.2. The van der Waals surface area contributed by atoms with Gasteiger partial charge in [0.1, 0.15) is 12.6 Å². The quantitative estimate of drug-likeness (QED) is 0.251. The van der Waals surface area contributed by atoms with Crippen molar-refractivity contribution in [2.24, 2.45) is 0 Å². The molecular formula is C29H33Cl2N3O4S. The highest BCUT2D eigenvalue weighted by atomic mass is 35.5. The van der Waals surface area contributed by atoms with Crippen LogP contribution in [0.2, 0.25) is 10.0 Å². The summed E-state index contributed by atoms with van der Waals surface area (Å²) in [7, 11) is -4.17. The topological polar surface area (TPSA) is 86.8 Å². The minimum atomic E-state index is -4.17. The highest BCUT2D eigenvalue weighted by Gasteiger charge is 2.34. The number of carbonyl (C=O) groups excluding carboxylic acids is 2. The monoisotopic (exact) mass is 589 g/mol. The molecule has 0 aromatic heterocycles. The summed E-state index contributed by atoms with van der Waals surface area (Å²) in [5.74, 6) is -0.828. The molecule has 1 unspecified atom stereocenters. The maximum Gasteiger partial charge on any atom is 0.264 e. The maximum absolute atomic E-state index is 14.0. The Hall–Kier alpha value is -3.07. The molecule has 39 heavy (non-hydrogen) atoms. The van der Waals surface area contributed by atoms with E-state index in [0.29, 0.717) is 18.0 Å². The van der Waals surface area contributed by atoms with E-state index in [1.807, 2.05) is 13.8 Å². The van der Waals surface area contributed by atoms with Gasteiger partial charge in [0.25, 0.3) is 10.0 Å². The van der Waals surface area contributed by atoms with Crippen molar-refractivity contribution in [3.05, 3.63) is 94.5 Å². The smallest absolute Gasteiger partial charge is 0.264 e. The average molecular weight is 591 g/mol. The second-order valence-corrected chi connectivity index (χ2v) is 11.7. The lowest BCUT2D eigenvalue weighted by molar-refractivity contribution is -0.140. The van der Waals surface area contributed by atoms with Crippen LogP contribution in [0.15, 0.2) is 83.8 Å². The van der Waals surface area contributed by atoms with Crippen molar-refractivity contribution in [1.29, 1.82) is 0 Å². The largest absolute Gasteiger partial charge is 0.354 e. The van der Waals surface area contributed by atoms with E-state index in [0.717, 1.165) is 22.7 Å². The molecule has 0 aliphatic heterocycles. The zero-order chi connectivity index (χ0) is 28.4. The summed E-state index contributed by atoms with van der Waals surface area (Å²) in [6.45, 7) is 3.88. The summed E-state index contributed by atoms with van der Waals surface area (Å²) in [5.41, 5.74) is 0.922. The van der Waals surface area contributed by atoms with Crippen LogP contribution in [0.3, 0.4) is 0 Å². The first kappa shape index (κ1) is 30.5. The zero-order valence-electron chi connectivity index (χ0n) is 22.0. The number of para-hydroxylation sites is 1. The molecule has 0 saturated heterocycles. The van der Waals surface area contributed by atoms with Gasteiger partial charge in [0, 0.05) is 18.1 Å². The molecule has 0 aliphatic rings. The summed E-state index contributed by atoms with van der Waals surface area (Å²) in [4.78, 5) is 28.6. The average Bonchev–Trinajstić information content (AvgIpc) is 2.93. The number of unbranched alkanes of at least 4 members (excludes halogenated alkanes) is 1. The Labute approximate surface area is 240 Å². The first-order chi connectivity index (χ1) is 18.7. The fourth-order valence-electron chi connectivity index (χ4n) is 4.10. The molecule has 0 radical (unpaired) electrons. The van der Waals surface area contributed by atoms with E-state index in [1.54, 1.807) is 66.7 Å². The number of carbonyl (C=O) groups is 2. The molecule has 0 bridgehead atoms. The molecule has 0 fully saturated rings. The van der Waals surface area contributed by atoms with Crippen molar-refractivity contribution in [3.63, 3.8) is 0 Å². The number of benzene rings is 3. The molecule has 3 aromatic rings. The van der Waals surface area contributed by atoms with Crippen LogP contribution in [0.25, 0.3) is 0 Å². The number of nitrogens with zero attached hydrogens (tertiary/aromatic N) is 2. The molecule has 7 nitrogen and oxygen atoms in total. The lowest BCUT2D eigenvalue weighted by atomic mass is 10.1. The summed E-state index contributed by atoms with van der Waals surface area (Å²) in [6.07, 6.45) is 2.06. The van der Waals surface area contributed by atoms with Crippen LogP contribution < -0.4 is 9.62 Å². The summed E-state index contributed by atoms with van der Waals surface area (Å²) >= 11 is 12.5. The number of hydrogen-bond donors (Lipinski definition) is 1. The van der Waals surface area contributed by atoms with Crippen molar-refractivity contribution < 1.29 is 18.0 Å². The van der Waals surface area contributed by atoms with Gasteiger partial charge < -0.3 is 10.2 Å². The number of hydrogen-bond acceptors (Lipinski definition) is 4. The van der Waals surface area contributed by atoms with Crippen molar-refractivity contribution in [2.75, 3.05) is 17.4 Å². The third-order valence-electron chi connectivity index (χ3n) is 6.21. The summed E-state index contributed by atoms with van der Waals surface area (Å²) < 4.78 is 28.6. The molecule has 2 amide bonds. The Balaban J connectivity index is 2.03. The van der Waals surface area contributed by atoms with E-state index in [-0.39, 0.29) is 28.1 Å². The summed E-state index contributed by atoms with van der Waals surface area (Å²) in [5, 5.41) is 3.63. The molecule has 1 atom stereocenters. The summed E-state index contributed by atoms with van der Waals surface area (Å²) in [6, 6.07) is 20.5. The normalized spacial score (nSPS) is 12.0. The van der Waals surface area contributed by atoms with Gasteiger partial charge in [0.2, 0.25) is 11.8 Å². The van der Waals surface area contributed by atoms with Crippen LogP contribution in [-0.2, 0) is 26.2 Å². The lowest BCUT2D eigenvalue weighted by Gasteiger charge is -2.33. The zero-order valence-corrected chi connectivity index (χ0v) is 24.3. The SMILES string of the molecule is CCCCNC(=O)C(CC)N(Cc1ccc(Cl)cc1)C(=O)CN(c1ccccc1Cl)S(=O)(=O)c1ccccc1.